The Labute approximate surface area is 188 Å². The summed E-state index contributed by atoms with van der Waals surface area (Å²) < 4.78 is 0.459. The van der Waals surface area contributed by atoms with Gasteiger partial charge in [0.15, 0.2) is 3.95 Å². The Bertz CT molecular complexity index is 911. The van der Waals surface area contributed by atoms with Gasteiger partial charge in [-0.15, -0.1) is 0 Å². The number of nitrogens with zero attached hydrogens (tertiary/aromatic N) is 1. The lowest BCUT2D eigenvalue weighted by atomic mass is 9.92. The third-order valence-corrected chi connectivity index (χ3v) is 6.88. The van der Waals surface area contributed by atoms with E-state index in [1.165, 1.54) is 27.7 Å². The SMILES string of the molecule is CNC(=O)C(Cc1ccccc1)NC(=O)C(CC(=O)Nc1nc(=S)ss1)CC(C)C. The van der Waals surface area contributed by atoms with Crippen LogP contribution in [0, 0.1) is 15.8 Å². The molecule has 2 rings (SSSR count). The summed E-state index contributed by atoms with van der Waals surface area (Å²) in [6, 6.07) is 8.76. The van der Waals surface area contributed by atoms with Crippen molar-refractivity contribution in [1.29, 1.82) is 0 Å². The van der Waals surface area contributed by atoms with E-state index in [1.807, 2.05) is 44.2 Å². The summed E-state index contributed by atoms with van der Waals surface area (Å²) in [7, 11) is 4.13. The molecule has 1 aromatic carbocycles. The van der Waals surface area contributed by atoms with E-state index in [1.54, 1.807) is 0 Å². The third-order valence-electron chi connectivity index (χ3n) is 4.35. The maximum Gasteiger partial charge on any atom is 0.242 e. The molecule has 0 spiro atoms. The molecule has 1 heterocycles. The van der Waals surface area contributed by atoms with Crippen LogP contribution in [0.15, 0.2) is 30.3 Å². The van der Waals surface area contributed by atoms with E-state index < -0.39 is 12.0 Å². The highest BCUT2D eigenvalue weighted by Gasteiger charge is 2.28. The van der Waals surface area contributed by atoms with Gasteiger partial charge in [0.1, 0.15) is 6.04 Å². The first-order valence-electron chi connectivity index (χ1n) is 9.61. The Hall–Kier alpha value is -2.17. The van der Waals surface area contributed by atoms with Crippen LogP contribution in [-0.2, 0) is 20.8 Å². The zero-order valence-electron chi connectivity index (χ0n) is 17.1. The number of hydrogen-bond acceptors (Lipinski definition) is 7. The van der Waals surface area contributed by atoms with E-state index in [-0.39, 0.29) is 30.1 Å². The minimum Gasteiger partial charge on any atom is -0.357 e. The van der Waals surface area contributed by atoms with Gasteiger partial charge in [0, 0.05) is 25.8 Å². The van der Waals surface area contributed by atoms with Crippen LogP contribution < -0.4 is 16.0 Å². The summed E-state index contributed by atoms with van der Waals surface area (Å²) in [6.45, 7) is 3.98. The highest BCUT2D eigenvalue weighted by atomic mass is 32.9. The molecular formula is C20H26N4O3S3. The quantitative estimate of drug-likeness (QED) is 0.368. The zero-order chi connectivity index (χ0) is 22.1. The smallest absolute Gasteiger partial charge is 0.242 e. The molecule has 10 heteroatoms. The highest BCUT2D eigenvalue weighted by Crippen LogP contribution is 2.21. The topological polar surface area (TPSA) is 100 Å². The lowest BCUT2D eigenvalue weighted by molar-refractivity contribution is -0.132. The minimum absolute atomic E-state index is 0.00677. The molecule has 3 N–H and O–H groups in total. The molecule has 0 bridgehead atoms. The Morgan fingerprint density at radius 2 is 1.80 bits per heavy atom. The molecule has 30 heavy (non-hydrogen) atoms. The first-order valence-corrected chi connectivity index (χ1v) is 12.2. The van der Waals surface area contributed by atoms with Gasteiger partial charge in [0.2, 0.25) is 22.9 Å². The summed E-state index contributed by atoms with van der Waals surface area (Å²) in [4.78, 5) is 41.8. The summed E-state index contributed by atoms with van der Waals surface area (Å²) in [5.41, 5.74) is 0.939. The fraction of sp³-hybridized carbons (Fsp3) is 0.450. The van der Waals surface area contributed by atoms with Crippen LogP contribution in [0.1, 0.15) is 32.3 Å². The number of hydrogen-bond donors (Lipinski definition) is 3. The molecule has 0 aliphatic rings. The molecule has 0 saturated heterocycles. The van der Waals surface area contributed by atoms with E-state index >= 15 is 0 Å². The molecule has 7 nitrogen and oxygen atoms in total. The van der Waals surface area contributed by atoms with Crippen LogP contribution in [0.25, 0.3) is 0 Å². The van der Waals surface area contributed by atoms with E-state index in [0.717, 1.165) is 5.56 Å². The highest BCUT2D eigenvalue weighted by molar-refractivity contribution is 7.79. The van der Waals surface area contributed by atoms with Crippen LogP contribution in [0.2, 0.25) is 0 Å². The number of carbonyl (C=O) groups is 3. The van der Waals surface area contributed by atoms with Gasteiger partial charge in [-0.05, 0) is 50.8 Å². The number of rotatable bonds is 10. The van der Waals surface area contributed by atoms with E-state index in [2.05, 4.69) is 20.9 Å². The number of nitrogens with one attached hydrogen (secondary N) is 3. The van der Waals surface area contributed by atoms with Gasteiger partial charge in [0.05, 0.1) is 0 Å². The zero-order valence-corrected chi connectivity index (χ0v) is 19.6. The lowest BCUT2D eigenvalue weighted by Crippen LogP contribution is -2.49. The van der Waals surface area contributed by atoms with Gasteiger partial charge >= 0.3 is 0 Å². The molecule has 2 atom stereocenters. The predicted molar refractivity (Wildman–Crippen MR) is 123 cm³/mol. The van der Waals surface area contributed by atoms with Crippen LogP contribution in [-0.4, -0.2) is 35.8 Å². The summed E-state index contributed by atoms with van der Waals surface area (Å²) in [5, 5.41) is 8.57. The normalized spacial score (nSPS) is 12.8. The van der Waals surface area contributed by atoms with Crippen LogP contribution in [0.5, 0.6) is 0 Å². The van der Waals surface area contributed by atoms with Gasteiger partial charge in [-0.3, -0.25) is 14.4 Å². The molecule has 2 aromatic rings. The average Bonchev–Trinajstić information content (AvgIpc) is 3.11. The monoisotopic (exact) mass is 466 g/mol. The average molecular weight is 467 g/mol. The van der Waals surface area contributed by atoms with Crippen molar-refractivity contribution in [3.63, 3.8) is 0 Å². The number of benzene rings is 1. The van der Waals surface area contributed by atoms with E-state index in [0.29, 0.717) is 21.9 Å². The van der Waals surface area contributed by atoms with Crippen molar-refractivity contribution >= 4 is 55.8 Å². The Morgan fingerprint density at radius 3 is 2.37 bits per heavy atom. The molecule has 162 valence electrons. The van der Waals surface area contributed by atoms with Gasteiger partial charge in [-0.1, -0.05) is 44.2 Å². The van der Waals surface area contributed by atoms with E-state index in [4.69, 9.17) is 12.2 Å². The van der Waals surface area contributed by atoms with Crippen molar-refractivity contribution in [3.8, 4) is 0 Å². The molecule has 0 radical (unpaired) electrons. The number of likely N-dealkylation sites (N-methyl/N-ethyl adjacent to an activating group) is 1. The molecular weight excluding hydrogens is 440 g/mol. The molecule has 0 aliphatic heterocycles. The van der Waals surface area contributed by atoms with Crippen LogP contribution in [0.4, 0.5) is 5.13 Å². The molecule has 1 aromatic heterocycles. The van der Waals surface area contributed by atoms with Crippen LogP contribution in [0.3, 0.4) is 0 Å². The molecule has 0 fully saturated rings. The first kappa shape index (κ1) is 24.1. The van der Waals surface area contributed by atoms with Crippen molar-refractivity contribution in [2.24, 2.45) is 11.8 Å². The second kappa shape index (κ2) is 11.9. The van der Waals surface area contributed by atoms with Gasteiger partial charge in [0.25, 0.3) is 0 Å². The standard InChI is InChI=1S/C20H26N4O3S3/c1-12(2)9-14(11-16(25)23-19-24-20(28)30-29-19)17(26)22-15(18(27)21-3)10-13-7-5-4-6-8-13/h4-8,12,14-15H,9-11H2,1-3H3,(H,21,27)(H,22,26)(H,23,24,25,28). The molecule has 3 amide bonds. The second-order valence-electron chi connectivity index (χ2n) is 7.29. The predicted octanol–water partition coefficient (Wildman–Crippen LogP) is 3.40. The fourth-order valence-corrected chi connectivity index (χ4v) is 4.89. The van der Waals surface area contributed by atoms with E-state index in [9.17, 15) is 14.4 Å². The summed E-state index contributed by atoms with van der Waals surface area (Å²) in [5.74, 6) is -1.23. The minimum atomic E-state index is -0.717. The van der Waals surface area contributed by atoms with Crippen molar-refractivity contribution in [2.45, 2.75) is 39.2 Å². The first-order chi connectivity index (χ1) is 14.3. The molecule has 0 saturated carbocycles. The van der Waals surface area contributed by atoms with Gasteiger partial charge < -0.3 is 16.0 Å². The van der Waals surface area contributed by atoms with Crippen LogP contribution >= 0.6 is 32.9 Å². The third kappa shape index (κ3) is 7.92. The lowest BCUT2D eigenvalue weighted by Gasteiger charge is -2.23. The molecule has 0 aliphatic carbocycles. The Balaban J connectivity index is 2.07. The largest absolute Gasteiger partial charge is 0.357 e. The summed E-state index contributed by atoms with van der Waals surface area (Å²) in [6.07, 6.45) is 0.902. The molecule has 2 unspecified atom stereocenters. The second-order valence-corrected chi connectivity index (χ2v) is 10.0. The van der Waals surface area contributed by atoms with Crippen molar-refractivity contribution < 1.29 is 14.4 Å². The van der Waals surface area contributed by atoms with Gasteiger partial charge in [-0.25, -0.2) is 0 Å². The Morgan fingerprint density at radius 1 is 1.10 bits per heavy atom. The van der Waals surface area contributed by atoms with Gasteiger partial charge in [-0.2, -0.15) is 4.98 Å². The number of carbonyl (C=O) groups excluding carboxylic acids is 3. The number of amides is 3. The Kier molecular flexibility index (Phi) is 9.54. The summed E-state index contributed by atoms with van der Waals surface area (Å²) >= 11 is 4.97. The number of aromatic nitrogens is 1. The fourth-order valence-electron chi connectivity index (χ4n) is 3.01. The van der Waals surface area contributed by atoms with Crippen molar-refractivity contribution in [1.82, 2.24) is 15.6 Å². The van der Waals surface area contributed by atoms with Crippen molar-refractivity contribution in [2.75, 3.05) is 12.4 Å². The maximum atomic E-state index is 13.0. The maximum absolute atomic E-state index is 13.0. The number of anilines is 1. The van der Waals surface area contributed by atoms with Crippen molar-refractivity contribution in [3.05, 3.63) is 39.8 Å².